The fraction of sp³-hybridized carbons (Fsp3) is 0.800. The quantitative estimate of drug-likeness (QED) is 0.855. The summed E-state index contributed by atoms with van der Waals surface area (Å²) in [6.45, 7) is 11.2. The van der Waals surface area contributed by atoms with Crippen LogP contribution in [0.25, 0.3) is 0 Å². The number of hydrogen-bond acceptors (Lipinski definition) is 3. The number of rotatable bonds is 6. The van der Waals surface area contributed by atoms with E-state index in [4.69, 9.17) is 0 Å². The van der Waals surface area contributed by atoms with Gasteiger partial charge in [0.15, 0.2) is 0 Å². The number of nitrogens with zero attached hydrogens (tertiary/aromatic N) is 3. The summed E-state index contributed by atoms with van der Waals surface area (Å²) >= 11 is 0. The van der Waals surface area contributed by atoms with Gasteiger partial charge in [0.25, 0.3) is 0 Å². The normalized spacial score (nSPS) is 18.3. The van der Waals surface area contributed by atoms with Crippen LogP contribution in [-0.4, -0.2) is 39.9 Å². The molecule has 0 atom stereocenters. The summed E-state index contributed by atoms with van der Waals surface area (Å²) < 4.78 is 2.12. The molecule has 0 aliphatic carbocycles. The number of piperidine rings is 1. The molecule has 1 aliphatic heterocycles. The van der Waals surface area contributed by atoms with E-state index in [0.29, 0.717) is 12.1 Å². The molecule has 2 heterocycles. The Morgan fingerprint density at radius 2 is 2.11 bits per heavy atom. The lowest BCUT2D eigenvalue weighted by molar-refractivity contribution is 0.160. The topological polar surface area (TPSA) is 33.1 Å². The monoisotopic (exact) mass is 264 g/mol. The van der Waals surface area contributed by atoms with Gasteiger partial charge in [-0.3, -0.25) is 4.68 Å². The lowest BCUT2D eigenvalue weighted by Crippen LogP contribution is -2.44. The largest absolute Gasteiger partial charge is 0.308 e. The molecule has 0 aromatic carbocycles. The Morgan fingerprint density at radius 3 is 2.74 bits per heavy atom. The average Bonchev–Trinajstić information content (AvgIpc) is 2.85. The molecule has 1 N–H and O–H groups in total. The van der Waals surface area contributed by atoms with E-state index in [1.54, 1.807) is 0 Å². The molecule has 4 nitrogen and oxygen atoms in total. The molecule has 1 saturated heterocycles. The van der Waals surface area contributed by atoms with Crippen LogP contribution >= 0.6 is 0 Å². The lowest BCUT2D eigenvalue weighted by atomic mass is 10.0. The van der Waals surface area contributed by atoms with Gasteiger partial charge in [-0.05, 0) is 52.3 Å². The van der Waals surface area contributed by atoms with Crippen LogP contribution in [0, 0.1) is 0 Å². The predicted molar refractivity (Wildman–Crippen MR) is 79.1 cm³/mol. The number of likely N-dealkylation sites (tertiary alicyclic amines) is 1. The summed E-state index contributed by atoms with van der Waals surface area (Å²) in [4.78, 5) is 2.57. The Hall–Kier alpha value is -0.870. The Labute approximate surface area is 117 Å². The third-order valence-electron chi connectivity index (χ3n) is 4.07. The minimum Gasteiger partial charge on any atom is -0.308 e. The van der Waals surface area contributed by atoms with E-state index in [1.807, 2.05) is 6.20 Å². The Bertz CT molecular complexity index is 364. The first kappa shape index (κ1) is 14.5. The first-order valence-corrected chi connectivity index (χ1v) is 7.68. The van der Waals surface area contributed by atoms with E-state index in [0.717, 1.165) is 19.5 Å². The number of nitrogens with one attached hydrogen (secondary N) is 1. The van der Waals surface area contributed by atoms with Crippen LogP contribution in [0.15, 0.2) is 12.3 Å². The first-order valence-electron chi connectivity index (χ1n) is 7.68. The third-order valence-corrected chi connectivity index (χ3v) is 4.07. The van der Waals surface area contributed by atoms with Crippen LogP contribution in [0.4, 0.5) is 0 Å². The highest BCUT2D eigenvalue weighted by Crippen LogP contribution is 2.13. The molecule has 0 amide bonds. The van der Waals surface area contributed by atoms with Gasteiger partial charge in [-0.2, -0.15) is 5.10 Å². The van der Waals surface area contributed by atoms with Crippen molar-refractivity contribution in [1.82, 2.24) is 20.0 Å². The number of aromatic nitrogens is 2. The summed E-state index contributed by atoms with van der Waals surface area (Å²) in [7, 11) is 0. The maximum absolute atomic E-state index is 4.37. The molecular formula is C15H28N4. The summed E-state index contributed by atoms with van der Waals surface area (Å²) in [6, 6.07) is 3.48. The van der Waals surface area contributed by atoms with Gasteiger partial charge in [0, 0.05) is 31.4 Å². The predicted octanol–water partition coefficient (Wildman–Crippen LogP) is 2.26. The minimum atomic E-state index is 0.667. The molecule has 0 unspecified atom stereocenters. The number of hydrogen-bond donors (Lipinski definition) is 1. The van der Waals surface area contributed by atoms with Crippen molar-refractivity contribution >= 4 is 0 Å². The summed E-state index contributed by atoms with van der Waals surface area (Å²) in [5.74, 6) is 0. The Balaban J connectivity index is 1.76. The zero-order valence-corrected chi connectivity index (χ0v) is 12.6. The van der Waals surface area contributed by atoms with E-state index in [1.165, 1.54) is 31.6 Å². The Morgan fingerprint density at radius 1 is 1.37 bits per heavy atom. The lowest BCUT2D eigenvalue weighted by Gasteiger charge is -2.35. The van der Waals surface area contributed by atoms with E-state index in [-0.39, 0.29) is 0 Å². The van der Waals surface area contributed by atoms with Crippen molar-refractivity contribution in [3.05, 3.63) is 18.0 Å². The van der Waals surface area contributed by atoms with Gasteiger partial charge in [0.1, 0.15) is 0 Å². The van der Waals surface area contributed by atoms with E-state index in [9.17, 15) is 0 Å². The Kier molecular flexibility index (Phi) is 5.40. The molecule has 1 aromatic heterocycles. The second-order valence-electron chi connectivity index (χ2n) is 5.83. The molecule has 1 fully saturated rings. The summed E-state index contributed by atoms with van der Waals surface area (Å²) in [5.41, 5.74) is 1.31. The minimum absolute atomic E-state index is 0.667. The maximum atomic E-state index is 4.37. The van der Waals surface area contributed by atoms with Crippen LogP contribution in [0.5, 0.6) is 0 Å². The van der Waals surface area contributed by atoms with Gasteiger partial charge in [0.05, 0.1) is 5.69 Å². The number of aryl methyl sites for hydroxylation is 1. The van der Waals surface area contributed by atoms with E-state index >= 15 is 0 Å². The molecular weight excluding hydrogens is 236 g/mol. The fourth-order valence-electron chi connectivity index (χ4n) is 2.79. The summed E-state index contributed by atoms with van der Waals surface area (Å²) in [6.07, 6.45) is 5.58. The van der Waals surface area contributed by atoms with Crippen LogP contribution < -0.4 is 5.32 Å². The highest BCUT2D eigenvalue weighted by Gasteiger charge is 2.20. The molecule has 19 heavy (non-hydrogen) atoms. The van der Waals surface area contributed by atoms with Crippen molar-refractivity contribution in [2.45, 2.75) is 65.2 Å². The molecule has 0 saturated carbocycles. The molecule has 4 heteroatoms. The van der Waals surface area contributed by atoms with Crippen LogP contribution in [-0.2, 0) is 13.1 Å². The van der Waals surface area contributed by atoms with Crippen molar-refractivity contribution in [2.24, 2.45) is 0 Å². The van der Waals surface area contributed by atoms with Crippen molar-refractivity contribution in [2.75, 3.05) is 13.1 Å². The fourth-order valence-corrected chi connectivity index (χ4v) is 2.79. The molecule has 1 aromatic rings. The van der Waals surface area contributed by atoms with Crippen molar-refractivity contribution in [1.29, 1.82) is 0 Å². The van der Waals surface area contributed by atoms with Gasteiger partial charge >= 0.3 is 0 Å². The van der Waals surface area contributed by atoms with E-state index in [2.05, 4.69) is 46.8 Å². The molecule has 0 spiro atoms. The molecule has 0 bridgehead atoms. The second-order valence-corrected chi connectivity index (χ2v) is 5.83. The van der Waals surface area contributed by atoms with Crippen LogP contribution in [0.1, 0.15) is 45.7 Å². The average molecular weight is 264 g/mol. The standard InChI is InChI=1S/C15H28N4/c1-4-9-19-15(5-8-17-19)12-16-14-6-10-18(11-7-14)13(2)3/h5,8,13-14,16H,4,6-7,9-12H2,1-3H3. The second kappa shape index (κ2) is 7.06. The molecule has 108 valence electrons. The highest BCUT2D eigenvalue weighted by atomic mass is 15.3. The van der Waals surface area contributed by atoms with Crippen molar-refractivity contribution in [3.63, 3.8) is 0 Å². The zero-order valence-electron chi connectivity index (χ0n) is 12.6. The molecule has 0 radical (unpaired) electrons. The van der Waals surface area contributed by atoms with Crippen molar-refractivity contribution < 1.29 is 0 Å². The van der Waals surface area contributed by atoms with Crippen LogP contribution in [0.3, 0.4) is 0 Å². The van der Waals surface area contributed by atoms with Gasteiger partial charge in [-0.25, -0.2) is 0 Å². The molecule has 1 aliphatic rings. The van der Waals surface area contributed by atoms with Gasteiger partial charge in [-0.1, -0.05) is 6.92 Å². The van der Waals surface area contributed by atoms with Gasteiger partial charge in [0.2, 0.25) is 0 Å². The van der Waals surface area contributed by atoms with E-state index < -0.39 is 0 Å². The smallest absolute Gasteiger partial charge is 0.0522 e. The van der Waals surface area contributed by atoms with Gasteiger partial charge in [-0.15, -0.1) is 0 Å². The zero-order chi connectivity index (χ0) is 13.7. The first-order chi connectivity index (χ1) is 9.20. The van der Waals surface area contributed by atoms with Gasteiger partial charge < -0.3 is 10.2 Å². The SMILES string of the molecule is CCCn1nccc1CNC1CCN(C(C)C)CC1. The summed E-state index contributed by atoms with van der Waals surface area (Å²) in [5, 5.41) is 8.07. The molecule has 2 rings (SSSR count). The maximum Gasteiger partial charge on any atom is 0.0522 e. The van der Waals surface area contributed by atoms with Crippen LogP contribution in [0.2, 0.25) is 0 Å². The van der Waals surface area contributed by atoms with Crippen molar-refractivity contribution in [3.8, 4) is 0 Å². The third kappa shape index (κ3) is 4.05. The highest BCUT2D eigenvalue weighted by molar-refractivity contribution is 5.00.